The third-order valence-corrected chi connectivity index (χ3v) is 2.95. The van der Waals surface area contributed by atoms with Gasteiger partial charge in [-0.15, -0.1) is 0 Å². The van der Waals surface area contributed by atoms with Crippen molar-refractivity contribution < 1.29 is 0 Å². The molecule has 0 aliphatic carbocycles. The molecule has 2 aromatic heterocycles. The summed E-state index contributed by atoms with van der Waals surface area (Å²) in [6.07, 6.45) is 6.84. The zero-order valence-electron chi connectivity index (χ0n) is 11.1. The Morgan fingerprint density at radius 1 is 1.39 bits per heavy atom. The molecule has 0 aliphatic heterocycles. The molecule has 0 spiro atoms. The van der Waals surface area contributed by atoms with E-state index in [2.05, 4.69) is 29.2 Å². The molecule has 0 saturated heterocycles. The van der Waals surface area contributed by atoms with Gasteiger partial charge < -0.3 is 11.1 Å². The van der Waals surface area contributed by atoms with Gasteiger partial charge in [0.2, 0.25) is 0 Å². The maximum Gasteiger partial charge on any atom is 0.158 e. The minimum Gasteiger partial charge on any atom is -0.330 e. The Kier molecular flexibility index (Phi) is 4.28. The van der Waals surface area contributed by atoms with Crippen LogP contribution in [0.3, 0.4) is 0 Å². The van der Waals surface area contributed by atoms with Crippen molar-refractivity contribution in [1.82, 2.24) is 19.9 Å². The standard InChI is InChI=1S/C13H21N5/c1-10(2)12-8-17-18-9-11(7-16-13(12)18)6-15-5-3-4-14/h7-10,15H,3-6,14H2,1-2H3. The van der Waals surface area contributed by atoms with Crippen molar-refractivity contribution in [3.63, 3.8) is 0 Å². The Labute approximate surface area is 107 Å². The Balaban J connectivity index is 2.09. The van der Waals surface area contributed by atoms with E-state index in [4.69, 9.17) is 5.73 Å². The molecule has 0 amide bonds. The summed E-state index contributed by atoms with van der Waals surface area (Å²) < 4.78 is 1.86. The summed E-state index contributed by atoms with van der Waals surface area (Å²) in [5, 5.41) is 7.69. The largest absolute Gasteiger partial charge is 0.330 e. The van der Waals surface area contributed by atoms with E-state index in [0.717, 1.165) is 37.3 Å². The molecule has 5 heteroatoms. The number of fused-ring (bicyclic) bond motifs is 1. The number of nitrogens with one attached hydrogen (secondary N) is 1. The lowest BCUT2D eigenvalue weighted by Gasteiger charge is -2.05. The van der Waals surface area contributed by atoms with Crippen LogP contribution in [-0.4, -0.2) is 27.7 Å². The van der Waals surface area contributed by atoms with Crippen molar-refractivity contribution >= 4 is 5.65 Å². The van der Waals surface area contributed by atoms with E-state index in [1.807, 2.05) is 23.1 Å². The second-order valence-corrected chi connectivity index (χ2v) is 4.80. The summed E-state index contributed by atoms with van der Waals surface area (Å²) in [7, 11) is 0. The Bertz CT molecular complexity index is 503. The summed E-state index contributed by atoms with van der Waals surface area (Å²) in [4.78, 5) is 4.50. The first-order valence-corrected chi connectivity index (χ1v) is 6.45. The monoisotopic (exact) mass is 247 g/mol. The van der Waals surface area contributed by atoms with Gasteiger partial charge in [-0.1, -0.05) is 13.8 Å². The number of hydrogen-bond acceptors (Lipinski definition) is 4. The molecule has 0 aliphatic rings. The molecule has 0 aromatic carbocycles. The first kappa shape index (κ1) is 13.0. The van der Waals surface area contributed by atoms with Crippen LogP contribution in [0, 0.1) is 0 Å². The fourth-order valence-electron chi connectivity index (χ4n) is 1.89. The molecule has 0 atom stereocenters. The molecule has 0 saturated carbocycles. The molecule has 0 radical (unpaired) electrons. The first-order chi connectivity index (χ1) is 8.72. The highest BCUT2D eigenvalue weighted by atomic mass is 15.2. The minimum absolute atomic E-state index is 0.448. The van der Waals surface area contributed by atoms with Gasteiger partial charge >= 0.3 is 0 Å². The van der Waals surface area contributed by atoms with Crippen LogP contribution >= 0.6 is 0 Å². The lowest BCUT2D eigenvalue weighted by atomic mass is 10.1. The lowest BCUT2D eigenvalue weighted by Crippen LogP contribution is -2.18. The summed E-state index contributed by atoms with van der Waals surface area (Å²) in [5.74, 6) is 0.448. The summed E-state index contributed by atoms with van der Waals surface area (Å²) >= 11 is 0. The van der Waals surface area contributed by atoms with Crippen LogP contribution in [0.4, 0.5) is 0 Å². The molecular weight excluding hydrogens is 226 g/mol. The zero-order valence-corrected chi connectivity index (χ0v) is 11.1. The van der Waals surface area contributed by atoms with Crippen molar-refractivity contribution in [1.29, 1.82) is 0 Å². The lowest BCUT2D eigenvalue weighted by molar-refractivity contribution is 0.651. The van der Waals surface area contributed by atoms with E-state index in [1.165, 1.54) is 5.56 Å². The van der Waals surface area contributed by atoms with E-state index < -0.39 is 0 Å². The molecule has 2 heterocycles. The summed E-state index contributed by atoms with van der Waals surface area (Å²) in [5.41, 5.74) is 8.73. The quantitative estimate of drug-likeness (QED) is 0.755. The van der Waals surface area contributed by atoms with Gasteiger partial charge in [0, 0.05) is 30.1 Å². The van der Waals surface area contributed by atoms with Crippen LogP contribution in [0.5, 0.6) is 0 Å². The van der Waals surface area contributed by atoms with Crippen LogP contribution in [0.25, 0.3) is 5.65 Å². The highest BCUT2D eigenvalue weighted by Crippen LogP contribution is 2.18. The van der Waals surface area contributed by atoms with Gasteiger partial charge in [-0.05, 0) is 25.4 Å². The summed E-state index contributed by atoms with van der Waals surface area (Å²) in [6, 6.07) is 0. The van der Waals surface area contributed by atoms with Gasteiger partial charge in [0.05, 0.1) is 6.20 Å². The van der Waals surface area contributed by atoms with Crippen LogP contribution in [0.15, 0.2) is 18.6 Å². The van der Waals surface area contributed by atoms with Crippen molar-refractivity contribution in [2.45, 2.75) is 32.7 Å². The van der Waals surface area contributed by atoms with Crippen LogP contribution in [0.1, 0.15) is 37.3 Å². The molecule has 2 rings (SSSR count). The second kappa shape index (κ2) is 5.93. The van der Waals surface area contributed by atoms with E-state index in [9.17, 15) is 0 Å². The van der Waals surface area contributed by atoms with Gasteiger partial charge in [-0.2, -0.15) is 5.10 Å². The third kappa shape index (κ3) is 2.86. The topological polar surface area (TPSA) is 68.2 Å². The number of aromatic nitrogens is 3. The molecule has 3 N–H and O–H groups in total. The van der Waals surface area contributed by atoms with E-state index >= 15 is 0 Å². The number of hydrogen-bond donors (Lipinski definition) is 2. The molecule has 98 valence electrons. The zero-order chi connectivity index (χ0) is 13.0. The first-order valence-electron chi connectivity index (χ1n) is 6.45. The molecule has 0 unspecified atom stereocenters. The maximum absolute atomic E-state index is 5.45. The highest BCUT2D eigenvalue weighted by molar-refractivity contribution is 5.47. The van der Waals surface area contributed by atoms with Crippen molar-refractivity contribution in [3.05, 3.63) is 29.7 Å². The number of nitrogens with two attached hydrogens (primary N) is 1. The van der Waals surface area contributed by atoms with Crippen LogP contribution in [0.2, 0.25) is 0 Å². The Hall–Kier alpha value is -1.46. The molecular formula is C13H21N5. The van der Waals surface area contributed by atoms with Gasteiger partial charge in [-0.25, -0.2) is 9.50 Å². The van der Waals surface area contributed by atoms with Gasteiger partial charge in [-0.3, -0.25) is 0 Å². The minimum atomic E-state index is 0.448. The van der Waals surface area contributed by atoms with Crippen molar-refractivity contribution in [2.24, 2.45) is 5.73 Å². The third-order valence-electron chi connectivity index (χ3n) is 2.95. The predicted octanol–water partition coefficient (Wildman–Crippen LogP) is 1.29. The highest BCUT2D eigenvalue weighted by Gasteiger charge is 2.09. The molecule has 0 bridgehead atoms. The molecule has 0 fully saturated rings. The van der Waals surface area contributed by atoms with Gasteiger partial charge in [0.25, 0.3) is 0 Å². The predicted molar refractivity (Wildman–Crippen MR) is 72.5 cm³/mol. The van der Waals surface area contributed by atoms with Crippen LogP contribution in [-0.2, 0) is 6.54 Å². The molecule has 18 heavy (non-hydrogen) atoms. The average molecular weight is 247 g/mol. The van der Waals surface area contributed by atoms with Gasteiger partial charge in [0.15, 0.2) is 5.65 Å². The molecule has 2 aromatic rings. The number of nitrogens with zero attached hydrogens (tertiary/aromatic N) is 3. The van der Waals surface area contributed by atoms with Crippen LogP contribution < -0.4 is 11.1 Å². The summed E-state index contributed by atoms with van der Waals surface area (Å²) in [6.45, 7) is 6.77. The van der Waals surface area contributed by atoms with Crippen molar-refractivity contribution in [2.75, 3.05) is 13.1 Å². The fourth-order valence-corrected chi connectivity index (χ4v) is 1.89. The second-order valence-electron chi connectivity index (χ2n) is 4.80. The SMILES string of the molecule is CC(C)c1cnn2cc(CNCCCN)cnc12. The Morgan fingerprint density at radius 2 is 2.22 bits per heavy atom. The maximum atomic E-state index is 5.45. The van der Waals surface area contributed by atoms with Crippen molar-refractivity contribution in [3.8, 4) is 0 Å². The number of rotatable bonds is 6. The normalized spacial score (nSPS) is 11.6. The van der Waals surface area contributed by atoms with Gasteiger partial charge in [0.1, 0.15) is 0 Å². The van der Waals surface area contributed by atoms with E-state index in [-0.39, 0.29) is 0 Å². The molecule has 5 nitrogen and oxygen atoms in total. The van der Waals surface area contributed by atoms with E-state index in [1.54, 1.807) is 0 Å². The smallest absolute Gasteiger partial charge is 0.158 e. The Morgan fingerprint density at radius 3 is 2.94 bits per heavy atom. The fraction of sp³-hybridized carbons (Fsp3) is 0.538. The van der Waals surface area contributed by atoms with E-state index in [0.29, 0.717) is 5.92 Å². The average Bonchev–Trinajstić information content (AvgIpc) is 2.77.